The van der Waals surface area contributed by atoms with Crippen molar-refractivity contribution in [2.24, 2.45) is 10.7 Å². The second-order valence-electron chi connectivity index (χ2n) is 6.73. The average Bonchev–Trinajstić information content (AvgIpc) is 3.12. The molecule has 0 aromatic heterocycles. The standard InChI is InChI=1S/C19H29N5O2/c1-2-23-11-5-7-15(23)13-22-19(20)21-10-6-12-24-16-8-3-4-9-17(16)26-14-18(24)25/h3-4,8-9,15H,2,5-7,10-14H2,1H3,(H3,20,21,22). The SMILES string of the molecule is CCN1CCCC1CN=C(N)NCCCN1C(=O)COc2ccccc21. The summed E-state index contributed by atoms with van der Waals surface area (Å²) in [4.78, 5) is 20.8. The smallest absolute Gasteiger partial charge is 0.265 e. The minimum Gasteiger partial charge on any atom is -0.482 e. The zero-order valence-corrected chi connectivity index (χ0v) is 15.5. The Morgan fingerprint density at radius 1 is 1.42 bits per heavy atom. The number of amides is 1. The number of ether oxygens (including phenoxy) is 1. The normalized spacial score (nSPS) is 20.8. The van der Waals surface area contributed by atoms with E-state index < -0.39 is 0 Å². The van der Waals surface area contributed by atoms with Gasteiger partial charge in [0.1, 0.15) is 5.75 Å². The maximum atomic E-state index is 12.1. The third-order valence-electron chi connectivity index (χ3n) is 5.05. The molecular formula is C19H29N5O2. The first-order chi connectivity index (χ1) is 12.7. The third kappa shape index (κ3) is 4.46. The predicted octanol–water partition coefficient (Wildman–Crippen LogP) is 1.19. The molecule has 26 heavy (non-hydrogen) atoms. The van der Waals surface area contributed by atoms with E-state index in [2.05, 4.69) is 22.1 Å². The van der Waals surface area contributed by atoms with Crippen LogP contribution in [0.2, 0.25) is 0 Å². The summed E-state index contributed by atoms with van der Waals surface area (Å²) in [6.45, 7) is 6.59. The fraction of sp³-hybridized carbons (Fsp3) is 0.579. The lowest BCUT2D eigenvalue weighted by molar-refractivity contribution is -0.121. The van der Waals surface area contributed by atoms with Crippen LogP contribution in [0.1, 0.15) is 26.2 Å². The summed E-state index contributed by atoms with van der Waals surface area (Å²) in [5.74, 6) is 1.24. The molecule has 2 aliphatic heterocycles. The summed E-state index contributed by atoms with van der Waals surface area (Å²) in [6.07, 6.45) is 3.24. The lowest BCUT2D eigenvalue weighted by atomic mass is 10.2. The van der Waals surface area contributed by atoms with Gasteiger partial charge in [-0.1, -0.05) is 19.1 Å². The molecule has 1 amide bonds. The first-order valence-electron chi connectivity index (χ1n) is 9.49. The van der Waals surface area contributed by atoms with Crippen molar-refractivity contribution in [1.82, 2.24) is 10.2 Å². The van der Waals surface area contributed by atoms with Crippen LogP contribution >= 0.6 is 0 Å². The number of likely N-dealkylation sites (tertiary alicyclic amines) is 1. The Morgan fingerprint density at radius 3 is 3.12 bits per heavy atom. The molecule has 1 atom stereocenters. The van der Waals surface area contributed by atoms with Gasteiger partial charge in [0.25, 0.3) is 5.91 Å². The number of fused-ring (bicyclic) bond motifs is 1. The van der Waals surface area contributed by atoms with E-state index in [1.54, 1.807) is 4.90 Å². The van der Waals surface area contributed by atoms with E-state index in [-0.39, 0.29) is 12.5 Å². The third-order valence-corrected chi connectivity index (χ3v) is 5.05. The molecule has 0 saturated carbocycles. The Labute approximate surface area is 155 Å². The van der Waals surface area contributed by atoms with Crippen LogP contribution in [0.4, 0.5) is 5.69 Å². The molecule has 1 saturated heterocycles. The fourth-order valence-electron chi connectivity index (χ4n) is 3.63. The highest BCUT2D eigenvalue weighted by molar-refractivity contribution is 5.97. The molecular weight excluding hydrogens is 330 g/mol. The Morgan fingerprint density at radius 2 is 2.27 bits per heavy atom. The van der Waals surface area contributed by atoms with E-state index >= 15 is 0 Å². The number of hydrogen-bond donors (Lipinski definition) is 2. The Hall–Kier alpha value is -2.28. The number of benzene rings is 1. The van der Waals surface area contributed by atoms with Gasteiger partial charge in [0.15, 0.2) is 12.6 Å². The Balaban J connectivity index is 1.42. The van der Waals surface area contributed by atoms with E-state index in [9.17, 15) is 4.79 Å². The minimum atomic E-state index is -0.00812. The van der Waals surface area contributed by atoms with Crippen LogP contribution in [-0.4, -0.2) is 62.1 Å². The molecule has 7 nitrogen and oxygen atoms in total. The number of nitrogens with zero attached hydrogens (tertiary/aromatic N) is 3. The van der Waals surface area contributed by atoms with E-state index in [0.29, 0.717) is 25.1 Å². The van der Waals surface area contributed by atoms with Crippen LogP contribution in [-0.2, 0) is 4.79 Å². The number of guanidine groups is 1. The zero-order valence-electron chi connectivity index (χ0n) is 15.5. The van der Waals surface area contributed by atoms with Crippen molar-refractivity contribution in [3.8, 4) is 5.75 Å². The van der Waals surface area contributed by atoms with Crippen LogP contribution in [0.15, 0.2) is 29.3 Å². The lowest BCUT2D eigenvalue weighted by Gasteiger charge is -2.29. The van der Waals surface area contributed by atoms with Crippen molar-refractivity contribution in [3.63, 3.8) is 0 Å². The molecule has 0 bridgehead atoms. The summed E-state index contributed by atoms with van der Waals surface area (Å²) in [6, 6.07) is 8.15. The van der Waals surface area contributed by atoms with E-state index in [4.69, 9.17) is 10.5 Å². The first kappa shape index (κ1) is 18.5. The molecule has 0 aliphatic carbocycles. The van der Waals surface area contributed by atoms with Gasteiger partial charge in [0.2, 0.25) is 0 Å². The number of rotatable bonds is 7. The molecule has 1 fully saturated rings. The van der Waals surface area contributed by atoms with Crippen molar-refractivity contribution >= 4 is 17.6 Å². The maximum absolute atomic E-state index is 12.1. The van der Waals surface area contributed by atoms with Gasteiger partial charge in [-0.2, -0.15) is 0 Å². The quantitative estimate of drug-likeness (QED) is 0.434. The van der Waals surface area contributed by atoms with Gasteiger partial charge in [0, 0.05) is 19.1 Å². The van der Waals surface area contributed by atoms with Crippen LogP contribution in [0.3, 0.4) is 0 Å². The summed E-state index contributed by atoms with van der Waals surface area (Å²) in [5.41, 5.74) is 6.82. The molecule has 2 aliphatic rings. The lowest BCUT2D eigenvalue weighted by Crippen LogP contribution is -2.41. The molecule has 0 radical (unpaired) electrons. The first-order valence-corrected chi connectivity index (χ1v) is 9.49. The molecule has 3 rings (SSSR count). The number of hydrogen-bond acceptors (Lipinski definition) is 4. The predicted molar refractivity (Wildman–Crippen MR) is 104 cm³/mol. The van der Waals surface area contributed by atoms with E-state index in [1.165, 1.54) is 19.4 Å². The van der Waals surface area contributed by atoms with Crippen LogP contribution in [0.25, 0.3) is 0 Å². The second kappa shape index (κ2) is 8.89. The number of nitrogens with one attached hydrogen (secondary N) is 1. The number of carbonyl (C=O) groups is 1. The van der Waals surface area contributed by atoms with Gasteiger partial charge < -0.3 is 20.7 Å². The largest absolute Gasteiger partial charge is 0.482 e. The van der Waals surface area contributed by atoms with Gasteiger partial charge in [0.05, 0.1) is 12.2 Å². The molecule has 0 spiro atoms. The summed E-state index contributed by atoms with van der Waals surface area (Å²) in [7, 11) is 0. The van der Waals surface area contributed by atoms with Crippen molar-refractivity contribution in [2.45, 2.75) is 32.2 Å². The monoisotopic (exact) mass is 359 g/mol. The van der Waals surface area contributed by atoms with E-state index in [0.717, 1.165) is 30.9 Å². The number of carbonyl (C=O) groups excluding carboxylic acids is 1. The molecule has 1 unspecified atom stereocenters. The van der Waals surface area contributed by atoms with Gasteiger partial charge >= 0.3 is 0 Å². The maximum Gasteiger partial charge on any atom is 0.265 e. The van der Waals surface area contributed by atoms with Crippen molar-refractivity contribution in [3.05, 3.63) is 24.3 Å². The highest BCUT2D eigenvalue weighted by Crippen LogP contribution is 2.31. The average molecular weight is 359 g/mol. The highest BCUT2D eigenvalue weighted by atomic mass is 16.5. The molecule has 2 heterocycles. The molecule has 142 valence electrons. The molecule has 3 N–H and O–H groups in total. The van der Waals surface area contributed by atoms with Crippen LogP contribution in [0.5, 0.6) is 5.75 Å². The summed E-state index contributed by atoms with van der Waals surface area (Å²) < 4.78 is 5.46. The van der Waals surface area contributed by atoms with Gasteiger partial charge in [-0.05, 0) is 44.5 Å². The van der Waals surface area contributed by atoms with Gasteiger partial charge in [-0.15, -0.1) is 0 Å². The number of likely N-dealkylation sites (N-methyl/N-ethyl adjacent to an activating group) is 1. The number of nitrogens with two attached hydrogens (primary N) is 1. The van der Waals surface area contributed by atoms with Gasteiger partial charge in [-0.25, -0.2) is 0 Å². The topological polar surface area (TPSA) is 83.2 Å². The Bertz CT molecular complexity index is 649. The number of anilines is 1. The van der Waals surface area contributed by atoms with E-state index in [1.807, 2.05) is 24.3 Å². The zero-order chi connectivity index (χ0) is 18.4. The van der Waals surface area contributed by atoms with Crippen molar-refractivity contribution < 1.29 is 9.53 Å². The second-order valence-corrected chi connectivity index (χ2v) is 6.73. The highest BCUT2D eigenvalue weighted by Gasteiger charge is 2.24. The summed E-state index contributed by atoms with van der Waals surface area (Å²) >= 11 is 0. The number of aliphatic imine (C=N–C) groups is 1. The van der Waals surface area contributed by atoms with Crippen LogP contribution in [0, 0.1) is 0 Å². The van der Waals surface area contributed by atoms with Gasteiger partial charge in [-0.3, -0.25) is 14.7 Å². The Kier molecular flexibility index (Phi) is 6.33. The number of para-hydroxylation sites is 2. The van der Waals surface area contributed by atoms with Crippen molar-refractivity contribution in [1.29, 1.82) is 0 Å². The fourth-order valence-corrected chi connectivity index (χ4v) is 3.63. The molecule has 7 heteroatoms. The molecule has 1 aromatic rings. The van der Waals surface area contributed by atoms with Crippen molar-refractivity contribution in [2.75, 3.05) is 44.2 Å². The minimum absolute atomic E-state index is 0.00812. The molecule has 1 aromatic carbocycles. The summed E-state index contributed by atoms with van der Waals surface area (Å²) in [5, 5.41) is 3.16. The van der Waals surface area contributed by atoms with Crippen LogP contribution < -0.4 is 20.7 Å².